The molecule has 2 nitrogen and oxygen atoms in total. The predicted molar refractivity (Wildman–Crippen MR) is 55.7 cm³/mol. The molecule has 0 aliphatic rings. The zero-order valence-corrected chi connectivity index (χ0v) is 7.89. The van der Waals surface area contributed by atoms with Crippen molar-refractivity contribution in [1.29, 1.82) is 0 Å². The fourth-order valence-corrected chi connectivity index (χ4v) is 1.62. The van der Waals surface area contributed by atoms with Gasteiger partial charge in [0, 0.05) is 22.3 Å². The number of nitrogens with one attached hydrogen (secondary N) is 1. The summed E-state index contributed by atoms with van der Waals surface area (Å²) in [5.74, 6) is 0. The van der Waals surface area contributed by atoms with Crippen molar-refractivity contribution in [3.63, 3.8) is 0 Å². The zero-order chi connectivity index (χ0) is 9.42. The maximum absolute atomic E-state index is 4.29. The van der Waals surface area contributed by atoms with E-state index in [0.717, 1.165) is 22.5 Å². The summed E-state index contributed by atoms with van der Waals surface area (Å²) in [5.41, 5.74) is 4.40. The number of aromatic amines is 1. The first-order valence-electron chi connectivity index (χ1n) is 4.29. The summed E-state index contributed by atoms with van der Waals surface area (Å²) in [6.45, 7) is 7.84. The number of aromatic nitrogens is 2. The highest BCUT2D eigenvalue weighted by Gasteiger charge is 2.04. The van der Waals surface area contributed by atoms with Crippen LogP contribution in [0.25, 0.3) is 17.0 Å². The van der Waals surface area contributed by atoms with Gasteiger partial charge in [-0.1, -0.05) is 12.7 Å². The number of rotatable bonds is 1. The van der Waals surface area contributed by atoms with E-state index in [9.17, 15) is 0 Å². The predicted octanol–water partition coefficient (Wildman–Crippen LogP) is 2.82. The fraction of sp³-hybridized carbons (Fsp3) is 0.182. The largest absolute Gasteiger partial charge is 0.357 e. The summed E-state index contributed by atoms with van der Waals surface area (Å²) in [6, 6.07) is 2.13. The smallest absolute Gasteiger partial charge is 0.0648 e. The van der Waals surface area contributed by atoms with E-state index in [1.54, 1.807) is 0 Å². The molecule has 0 aromatic carbocycles. The molecule has 2 rings (SSSR count). The van der Waals surface area contributed by atoms with Crippen molar-refractivity contribution in [2.75, 3.05) is 0 Å². The Morgan fingerprint density at radius 3 is 2.92 bits per heavy atom. The Morgan fingerprint density at radius 1 is 1.46 bits per heavy atom. The van der Waals surface area contributed by atoms with Crippen LogP contribution in [-0.4, -0.2) is 9.97 Å². The van der Waals surface area contributed by atoms with E-state index in [1.807, 2.05) is 26.1 Å². The van der Waals surface area contributed by atoms with Crippen molar-refractivity contribution in [2.24, 2.45) is 0 Å². The summed E-state index contributed by atoms with van der Waals surface area (Å²) in [5, 5.41) is 1.21. The molecule has 0 fully saturated rings. The number of H-pyrrole nitrogens is 1. The van der Waals surface area contributed by atoms with Crippen molar-refractivity contribution in [2.45, 2.75) is 13.8 Å². The number of nitrogens with zero attached hydrogens (tertiary/aromatic N) is 1. The molecule has 2 heteroatoms. The molecule has 0 atom stereocenters. The second-order valence-corrected chi connectivity index (χ2v) is 3.24. The highest BCUT2D eigenvalue weighted by atomic mass is 14.8. The molecule has 0 saturated heterocycles. The minimum atomic E-state index is 1.03. The number of fused-ring (bicyclic) bond motifs is 1. The van der Waals surface area contributed by atoms with Gasteiger partial charge in [0.1, 0.15) is 0 Å². The normalized spacial score (nSPS) is 10.6. The molecule has 1 N–H and O–H groups in total. The molecule has 0 aliphatic heterocycles. The lowest BCUT2D eigenvalue weighted by Gasteiger charge is -1.99. The van der Waals surface area contributed by atoms with Crippen LogP contribution in [0.3, 0.4) is 0 Å². The molecule has 0 radical (unpaired) electrons. The van der Waals surface area contributed by atoms with Crippen LogP contribution in [-0.2, 0) is 0 Å². The molecule has 2 aromatic heterocycles. The van der Waals surface area contributed by atoms with Crippen molar-refractivity contribution in [3.8, 4) is 0 Å². The molecule has 0 amide bonds. The molecule has 66 valence electrons. The molecule has 0 aliphatic carbocycles. The number of aryl methyl sites for hydroxylation is 2. The van der Waals surface area contributed by atoms with Gasteiger partial charge in [0.25, 0.3) is 0 Å². The van der Waals surface area contributed by atoms with Gasteiger partial charge in [-0.25, -0.2) is 0 Å². The highest BCUT2D eigenvalue weighted by Crippen LogP contribution is 2.21. The minimum Gasteiger partial charge on any atom is -0.357 e. The lowest BCUT2D eigenvalue weighted by molar-refractivity contribution is 1.20. The number of hydrogen-bond donors (Lipinski definition) is 1. The van der Waals surface area contributed by atoms with Crippen molar-refractivity contribution in [1.82, 2.24) is 9.97 Å². The van der Waals surface area contributed by atoms with E-state index in [4.69, 9.17) is 0 Å². The van der Waals surface area contributed by atoms with Crippen molar-refractivity contribution >= 4 is 17.0 Å². The van der Waals surface area contributed by atoms with Gasteiger partial charge in [0.2, 0.25) is 0 Å². The van der Waals surface area contributed by atoms with Gasteiger partial charge in [-0.2, -0.15) is 0 Å². The van der Waals surface area contributed by atoms with Crippen LogP contribution in [0.2, 0.25) is 0 Å². The van der Waals surface area contributed by atoms with Gasteiger partial charge in [-0.15, -0.1) is 0 Å². The molecule has 0 unspecified atom stereocenters. The summed E-state index contributed by atoms with van der Waals surface area (Å²) < 4.78 is 0. The van der Waals surface area contributed by atoms with Crippen LogP contribution in [0.15, 0.2) is 18.8 Å². The quantitative estimate of drug-likeness (QED) is 0.704. The molecule has 0 spiro atoms. The molecular weight excluding hydrogens is 160 g/mol. The summed E-state index contributed by atoms with van der Waals surface area (Å²) in [7, 11) is 0. The van der Waals surface area contributed by atoms with Crippen molar-refractivity contribution in [3.05, 3.63) is 35.8 Å². The van der Waals surface area contributed by atoms with Crippen LogP contribution in [0.5, 0.6) is 0 Å². The Morgan fingerprint density at radius 2 is 2.23 bits per heavy atom. The van der Waals surface area contributed by atoms with E-state index >= 15 is 0 Å². The first kappa shape index (κ1) is 8.05. The number of hydrogen-bond acceptors (Lipinski definition) is 1. The first-order valence-corrected chi connectivity index (χ1v) is 4.29. The van der Waals surface area contributed by atoms with Gasteiger partial charge >= 0.3 is 0 Å². The molecule has 13 heavy (non-hydrogen) atoms. The van der Waals surface area contributed by atoms with E-state index in [1.165, 1.54) is 5.39 Å². The zero-order valence-electron chi connectivity index (χ0n) is 7.89. The van der Waals surface area contributed by atoms with Crippen LogP contribution in [0.4, 0.5) is 0 Å². The fourth-order valence-electron chi connectivity index (χ4n) is 1.62. The minimum absolute atomic E-state index is 1.03. The molecule has 2 heterocycles. The maximum atomic E-state index is 4.29. The highest BCUT2D eigenvalue weighted by molar-refractivity contribution is 5.89. The van der Waals surface area contributed by atoms with E-state index in [-0.39, 0.29) is 0 Å². The Kier molecular flexibility index (Phi) is 1.69. The maximum Gasteiger partial charge on any atom is 0.0648 e. The Hall–Kier alpha value is -1.57. The van der Waals surface area contributed by atoms with E-state index in [2.05, 4.69) is 22.6 Å². The van der Waals surface area contributed by atoms with Gasteiger partial charge in [0.05, 0.1) is 11.7 Å². The summed E-state index contributed by atoms with van der Waals surface area (Å²) in [6.07, 6.45) is 3.72. The molecular formula is C11H12N2. The average Bonchev–Trinajstić information content (AvgIpc) is 2.45. The molecule has 0 saturated carbocycles. The van der Waals surface area contributed by atoms with Crippen LogP contribution < -0.4 is 0 Å². The Labute approximate surface area is 77.3 Å². The second kappa shape index (κ2) is 2.73. The lowest BCUT2D eigenvalue weighted by Crippen LogP contribution is -1.85. The summed E-state index contributed by atoms with van der Waals surface area (Å²) in [4.78, 5) is 7.54. The van der Waals surface area contributed by atoms with Crippen LogP contribution >= 0.6 is 0 Å². The van der Waals surface area contributed by atoms with Gasteiger partial charge in [-0.05, 0) is 19.9 Å². The third-order valence-corrected chi connectivity index (χ3v) is 2.25. The topological polar surface area (TPSA) is 28.7 Å². The van der Waals surface area contributed by atoms with E-state index in [0.29, 0.717) is 0 Å². The monoisotopic (exact) mass is 172 g/mol. The van der Waals surface area contributed by atoms with Gasteiger partial charge in [-0.3, -0.25) is 4.98 Å². The SMILES string of the molecule is C=Cc1c(C)ncc2[nH]c(C)cc12. The number of pyridine rings is 1. The second-order valence-electron chi connectivity index (χ2n) is 3.24. The van der Waals surface area contributed by atoms with E-state index < -0.39 is 0 Å². The standard InChI is InChI=1S/C11H12N2/c1-4-9-8(3)12-6-11-10(9)5-7(2)13-11/h4-6,13H,1H2,2-3H3. The third-order valence-electron chi connectivity index (χ3n) is 2.25. The molecule has 2 aromatic rings. The van der Waals surface area contributed by atoms with Gasteiger partial charge < -0.3 is 4.98 Å². The Bertz CT molecular complexity index is 466. The third kappa shape index (κ3) is 1.15. The van der Waals surface area contributed by atoms with Crippen LogP contribution in [0.1, 0.15) is 17.0 Å². The lowest BCUT2D eigenvalue weighted by atomic mass is 10.1. The average molecular weight is 172 g/mol. The Balaban J connectivity index is 2.90. The van der Waals surface area contributed by atoms with Gasteiger partial charge in [0.15, 0.2) is 0 Å². The molecule has 0 bridgehead atoms. The van der Waals surface area contributed by atoms with Crippen LogP contribution in [0, 0.1) is 13.8 Å². The van der Waals surface area contributed by atoms with Crippen molar-refractivity contribution < 1.29 is 0 Å². The summed E-state index contributed by atoms with van der Waals surface area (Å²) >= 11 is 0. The first-order chi connectivity index (χ1) is 6.22.